The number of fused-ring (bicyclic) bond motifs is 7. The number of carbonyl (C=O) groups excluding carboxylic acids is 2. The maximum atomic E-state index is 17.4. The van der Waals surface area contributed by atoms with Crippen molar-refractivity contribution in [2.24, 2.45) is 28.6 Å². The molecule has 5 aliphatic rings. The first-order chi connectivity index (χ1) is 17.5. The zero-order chi connectivity index (χ0) is 26.4. The SMILES string of the molecule is C[C@]12C=CC(=O)C=C1CC[C@H]1[C@@H]3C[C@H]4CN(c5cccc(C#N)c5)O[C@@]4(C(=O)CO)[C@@]3(C)C[C@H](O)[C@@]12F. The molecule has 1 aromatic carbocycles. The number of rotatable bonds is 3. The lowest BCUT2D eigenvalue weighted by Gasteiger charge is -2.62. The number of nitrogens with zero attached hydrogens (tertiary/aromatic N) is 2. The molecule has 0 spiro atoms. The second-order valence-corrected chi connectivity index (χ2v) is 11.8. The van der Waals surface area contributed by atoms with Crippen LogP contribution in [0.1, 0.15) is 45.1 Å². The van der Waals surface area contributed by atoms with Crippen LogP contribution in [0.5, 0.6) is 0 Å². The van der Waals surface area contributed by atoms with Gasteiger partial charge in [0.05, 0.1) is 30.0 Å². The van der Waals surface area contributed by atoms with E-state index < -0.39 is 46.5 Å². The monoisotopic (exact) mass is 506 g/mol. The lowest BCUT2D eigenvalue weighted by molar-refractivity contribution is -0.223. The molecule has 1 aromatic rings. The summed E-state index contributed by atoms with van der Waals surface area (Å²) in [5, 5.41) is 32.6. The highest BCUT2D eigenvalue weighted by Gasteiger charge is 2.78. The van der Waals surface area contributed by atoms with Crippen molar-refractivity contribution in [2.45, 2.75) is 56.9 Å². The van der Waals surface area contributed by atoms with Gasteiger partial charge in [0.25, 0.3) is 0 Å². The fourth-order valence-electron chi connectivity index (χ4n) is 8.76. The summed E-state index contributed by atoms with van der Waals surface area (Å²) in [6.07, 6.45) is 4.63. The molecule has 1 saturated heterocycles. The Morgan fingerprint density at radius 3 is 2.84 bits per heavy atom. The predicted molar refractivity (Wildman–Crippen MR) is 132 cm³/mol. The van der Waals surface area contributed by atoms with Crippen LogP contribution in [-0.2, 0) is 14.4 Å². The predicted octanol–water partition coefficient (Wildman–Crippen LogP) is 3.21. The number of Topliss-reactive ketones (excluding diaryl/α,β-unsaturated/α-hetero) is 1. The van der Waals surface area contributed by atoms with E-state index in [0.717, 1.165) is 0 Å². The number of ketones is 2. The van der Waals surface area contributed by atoms with Crippen molar-refractivity contribution in [1.82, 2.24) is 0 Å². The molecule has 6 rings (SSSR count). The molecule has 37 heavy (non-hydrogen) atoms. The Labute approximate surface area is 215 Å². The molecule has 0 bridgehead atoms. The second-order valence-electron chi connectivity index (χ2n) is 11.8. The molecule has 8 atom stereocenters. The Morgan fingerprint density at radius 2 is 2.11 bits per heavy atom. The number of carbonyl (C=O) groups is 2. The number of hydrogen-bond acceptors (Lipinski definition) is 7. The molecule has 1 heterocycles. The number of benzene rings is 1. The highest BCUT2D eigenvalue weighted by Crippen LogP contribution is 2.72. The first kappa shape index (κ1) is 24.5. The maximum Gasteiger partial charge on any atom is 0.193 e. The number of anilines is 1. The molecule has 194 valence electrons. The number of hydroxylamine groups is 1. The van der Waals surface area contributed by atoms with Crippen molar-refractivity contribution in [3.63, 3.8) is 0 Å². The van der Waals surface area contributed by atoms with E-state index >= 15 is 4.39 Å². The average Bonchev–Trinajstić information content (AvgIpc) is 3.38. The third-order valence-electron chi connectivity index (χ3n) is 10.5. The molecule has 0 amide bonds. The van der Waals surface area contributed by atoms with Gasteiger partial charge in [0.2, 0.25) is 0 Å². The summed E-state index contributed by atoms with van der Waals surface area (Å²) in [7, 11) is 0. The topological polar surface area (TPSA) is 111 Å². The lowest BCUT2D eigenvalue weighted by Crippen LogP contribution is -2.69. The third kappa shape index (κ3) is 2.85. The van der Waals surface area contributed by atoms with Crippen molar-refractivity contribution in [3.8, 4) is 6.07 Å². The standard InChI is InChI=1S/C29H31FN2O5/c1-26-9-8-21(34)11-18(26)6-7-22-23-12-19-15-32(20-5-3-4-17(10-20)14-31)37-29(19,25(36)16-33)27(23,2)13-24(35)28(22,26)30/h3-5,8-11,19,22-24,33,35H,6-7,12-13,15-16H2,1-2H3/t19-,22-,23-,24-,26-,27-,28-,29-/m0/s1. The smallest absolute Gasteiger partial charge is 0.193 e. The minimum atomic E-state index is -2.00. The molecule has 0 radical (unpaired) electrons. The largest absolute Gasteiger partial charge is 0.390 e. The Balaban J connectivity index is 1.43. The quantitative estimate of drug-likeness (QED) is 0.648. The van der Waals surface area contributed by atoms with Crippen molar-refractivity contribution in [2.75, 3.05) is 18.2 Å². The summed E-state index contributed by atoms with van der Waals surface area (Å²) >= 11 is 0. The molecule has 0 unspecified atom stereocenters. The normalized spacial score (nSPS) is 43.8. The maximum absolute atomic E-state index is 17.4. The summed E-state index contributed by atoms with van der Waals surface area (Å²) in [4.78, 5) is 32.1. The van der Waals surface area contributed by atoms with Gasteiger partial charge in [0.1, 0.15) is 6.61 Å². The Kier molecular flexibility index (Phi) is 5.18. The molecule has 8 heteroatoms. The van der Waals surface area contributed by atoms with E-state index in [-0.39, 0.29) is 24.0 Å². The molecule has 1 aliphatic heterocycles. The zero-order valence-corrected chi connectivity index (χ0v) is 21.0. The molecule has 3 saturated carbocycles. The van der Waals surface area contributed by atoms with Crippen LogP contribution in [0.2, 0.25) is 0 Å². The van der Waals surface area contributed by atoms with Crippen LogP contribution < -0.4 is 5.06 Å². The number of aliphatic hydroxyl groups excluding tert-OH is 2. The van der Waals surface area contributed by atoms with Gasteiger partial charge in [-0.25, -0.2) is 4.39 Å². The zero-order valence-electron chi connectivity index (χ0n) is 21.0. The molecular formula is C29H31FN2O5. The van der Waals surface area contributed by atoms with E-state index in [4.69, 9.17) is 4.84 Å². The molecule has 2 N–H and O–H groups in total. The van der Waals surface area contributed by atoms with Crippen LogP contribution in [0.4, 0.5) is 10.1 Å². The van der Waals surface area contributed by atoms with Crippen molar-refractivity contribution in [3.05, 3.63) is 53.6 Å². The van der Waals surface area contributed by atoms with Crippen LogP contribution in [0, 0.1) is 39.9 Å². The minimum absolute atomic E-state index is 0.0103. The number of aliphatic hydroxyl groups is 2. The first-order valence-corrected chi connectivity index (χ1v) is 13.0. The van der Waals surface area contributed by atoms with Crippen LogP contribution >= 0.6 is 0 Å². The van der Waals surface area contributed by atoms with Crippen LogP contribution in [-0.4, -0.2) is 52.3 Å². The van der Waals surface area contributed by atoms with E-state index in [1.165, 1.54) is 12.2 Å². The highest BCUT2D eigenvalue weighted by molar-refractivity contribution is 6.01. The Hall–Kier alpha value is -2.86. The van der Waals surface area contributed by atoms with Gasteiger partial charge in [-0.15, -0.1) is 0 Å². The first-order valence-electron chi connectivity index (χ1n) is 13.0. The van der Waals surface area contributed by atoms with Crippen LogP contribution in [0.15, 0.2) is 48.1 Å². The van der Waals surface area contributed by atoms with Gasteiger partial charge in [-0.1, -0.05) is 24.6 Å². The van der Waals surface area contributed by atoms with Gasteiger partial charge >= 0.3 is 0 Å². The summed E-state index contributed by atoms with van der Waals surface area (Å²) < 4.78 is 17.4. The van der Waals surface area contributed by atoms with E-state index in [0.29, 0.717) is 42.6 Å². The van der Waals surface area contributed by atoms with E-state index in [9.17, 15) is 25.1 Å². The number of nitriles is 1. The number of halogens is 1. The lowest BCUT2D eigenvalue weighted by atomic mass is 9.44. The van der Waals surface area contributed by atoms with Gasteiger partial charge in [-0.3, -0.25) is 19.5 Å². The Bertz CT molecular complexity index is 1300. The summed E-state index contributed by atoms with van der Waals surface area (Å²) in [5.41, 5.74) is -3.66. The average molecular weight is 507 g/mol. The third-order valence-corrected chi connectivity index (χ3v) is 10.5. The summed E-state index contributed by atoms with van der Waals surface area (Å²) in [5.74, 6) is -1.77. The molecular weight excluding hydrogens is 475 g/mol. The van der Waals surface area contributed by atoms with Crippen molar-refractivity contribution in [1.29, 1.82) is 5.26 Å². The summed E-state index contributed by atoms with van der Waals surface area (Å²) in [6.45, 7) is 3.30. The molecule has 4 fully saturated rings. The van der Waals surface area contributed by atoms with Gasteiger partial charge in [-0.05, 0) is 68.9 Å². The number of allylic oxidation sites excluding steroid dienone is 4. The van der Waals surface area contributed by atoms with Crippen molar-refractivity contribution < 1.29 is 29.0 Å². The van der Waals surface area contributed by atoms with E-state index in [2.05, 4.69) is 6.07 Å². The van der Waals surface area contributed by atoms with Crippen LogP contribution in [0.3, 0.4) is 0 Å². The van der Waals surface area contributed by atoms with Crippen molar-refractivity contribution >= 4 is 17.3 Å². The Morgan fingerprint density at radius 1 is 1.32 bits per heavy atom. The fourth-order valence-corrected chi connectivity index (χ4v) is 8.76. The number of hydrogen-bond donors (Lipinski definition) is 2. The second kappa shape index (κ2) is 7.83. The molecule has 7 nitrogen and oxygen atoms in total. The highest BCUT2D eigenvalue weighted by atomic mass is 19.1. The summed E-state index contributed by atoms with van der Waals surface area (Å²) in [6, 6.07) is 9.03. The minimum Gasteiger partial charge on any atom is -0.390 e. The van der Waals surface area contributed by atoms with Gasteiger partial charge in [0, 0.05) is 22.7 Å². The van der Waals surface area contributed by atoms with Gasteiger partial charge in [-0.2, -0.15) is 5.26 Å². The molecule has 0 aromatic heterocycles. The van der Waals surface area contributed by atoms with Gasteiger partial charge < -0.3 is 10.2 Å². The van der Waals surface area contributed by atoms with Crippen LogP contribution in [0.25, 0.3) is 0 Å². The van der Waals surface area contributed by atoms with Gasteiger partial charge in [0.15, 0.2) is 22.8 Å². The van der Waals surface area contributed by atoms with E-state index in [1.54, 1.807) is 42.3 Å². The number of alkyl halides is 1. The molecule has 4 aliphatic carbocycles. The fraction of sp³-hybridized carbons (Fsp3) is 0.552. The van der Waals surface area contributed by atoms with E-state index in [1.807, 2.05) is 6.92 Å².